The van der Waals surface area contributed by atoms with Gasteiger partial charge in [0.05, 0.1) is 0 Å². The molecule has 46 heavy (non-hydrogen) atoms. The highest BCUT2D eigenvalue weighted by atomic mass is 19.2. The molecule has 0 fully saturated rings. The second kappa shape index (κ2) is 11.6. The van der Waals surface area contributed by atoms with E-state index in [9.17, 15) is 52.7 Å². The Kier molecular flexibility index (Phi) is 9.09. The van der Waals surface area contributed by atoms with E-state index in [1.54, 1.807) is 0 Å². The molecule has 0 radical (unpaired) electrons. The third-order valence-electron chi connectivity index (χ3n) is 6.71. The van der Waals surface area contributed by atoms with E-state index in [0.717, 1.165) is 0 Å². The van der Waals surface area contributed by atoms with Gasteiger partial charge in [-0.2, -0.15) is 0 Å². The van der Waals surface area contributed by atoms with Gasteiger partial charge < -0.3 is 0 Å². The summed E-state index contributed by atoms with van der Waals surface area (Å²) in [5, 5.41) is 0. The molecule has 0 nitrogen and oxygen atoms in total. The van der Waals surface area contributed by atoms with Crippen molar-refractivity contribution >= 4 is 28.0 Å². The Balaban J connectivity index is 0.00000576. The normalized spacial score (nSPS) is 11.7. The van der Waals surface area contributed by atoms with Crippen molar-refractivity contribution in [3.05, 3.63) is 124 Å². The second-order valence-electron chi connectivity index (χ2n) is 8.80. The molecule has 0 heterocycles. The molecule has 0 aromatic heterocycles. The van der Waals surface area contributed by atoms with Crippen molar-refractivity contribution in [2.24, 2.45) is 0 Å². The van der Waals surface area contributed by atoms with Gasteiger partial charge in [-0.25, -0.2) is 87.8 Å². The van der Waals surface area contributed by atoms with Crippen LogP contribution in [0.15, 0.2) is 0 Å². The highest BCUT2D eigenvalue weighted by Gasteiger charge is 2.52. The maximum atomic E-state index is 15.4. The molecule has 4 rings (SSSR count). The van der Waals surface area contributed by atoms with Crippen molar-refractivity contribution < 1.29 is 87.8 Å². The number of rotatable bonds is 4. The first-order valence-electron chi connectivity index (χ1n) is 10.9. The van der Waals surface area contributed by atoms with E-state index in [1.165, 1.54) is 0 Å². The molecule has 0 saturated heterocycles. The van der Waals surface area contributed by atoms with Crippen LogP contribution in [0.1, 0.15) is 0 Å². The lowest BCUT2D eigenvalue weighted by Crippen LogP contribution is -2.81. The van der Waals surface area contributed by atoms with Crippen LogP contribution in [0.2, 0.25) is 0 Å². The molecule has 0 aliphatic rings. The lowest BCUT2D eigenvalue weighted by atomic mass is 9.12. The molecular weight excluding hydrogens is 691 g/mol. The SMILES string of the molecule is Fc1c(F)c(F)c([B-](c2c(F)c(F)c(F)c(F)c2F)(c2c(F)c(F)c(F)c(F)c2F)c2c(F)c(F)c(F)c(F)c2F)c(F)c1F.[CH3+]. The fourth-order valence-electron chi connectivity index (χ4n) is 4.87. The summed E-state index contributed by atoms with van der Waals surface area (Å²) in [5.74, 6) is -71.4. The third-order valence-corrected chi connectivity index (χ3v) is 6.71. The quantitative estimate of drug-likeness (QED) is 0.0775. The highest BCUT2D eigenvalue weighted by molar-refractivity contribution is 7.20. The first kappa shape index (κ1) is 35.9. The number of hydrogen-bond donors (Lipinski definition) is 0. The Labute approximate surface area is 240 Å². The van der Waals surface area contributed by atoms with Crippen LogP contribution in [-0.2, 0) is 0 Å². The van der Waals surface area contributed by atoms with Crippen molar-refractivity contribution in [2.75, 3.05) is 0 Å². The summed E-state index contributed by atoms with van der Waals surface area (Å²) in [6.45, 7) is 0. The van der Waals surface area contributed by atoms with Crippen LogP contribution in [0.4, 0.5) is 87.8 Å². The smallest absolute Gasteiger partial charge is 0.200 e. The summed E-state index contributed by atoms with van der Waals surface area (Å²) >= 11 is 0. The number of benzene rings is 4. The zero-order valence-corrected chi connectivity index (χ0v) is 21.1. The van der Waals surface area contributed by atoms with Gasteiger partial charge in [-0.15, -0.1) is 21.9 Å². The topological polar surface area (TPSA) is 0 Å². The van der Waals surface area contributed by atoms with Crippen molar-refractivity contribution in [1.82, 2.24) is 0 Å². The van der Waals surface area contributed by atoms with Gasteiger partial charge in [0, 0.05) is 7.43 Å². The summed E-state index contributed by atoms with van der Waals surface area (Å²) in [7, 11) is 0. The lowest BCUT2D eigenvalue weighted by molar-refractivity contribution is 0.378. The first-order valence-corrected chi connectivity index (χ1v) is 10.9. The minimum absolute atomic E-state index is 0. The van der Waals surface area contributed by atoms with Gasteiger partial charge in [-0.1, -0.05) is 0 Å². The number of halogens is 20. The van der Waals surface area contributed by atoms with E-state index in [1.807, 2.05) is 0 Å². The summed E-state index contributed by atoms with van der Waals surface area (Å²) in [4.78, 5) is 0. The van der Waals surface area contributed by atoms with Crippen molar-refractivity contribution in [1.29, 1.82) is 0 Å². The molecule has 0 N–H and O–H groups in total. The average Bonchev–Trinajstić information content (AvgIpc) is 3.00. The van der Waals surface area contributed by atoms with Gasteiger partial charge in [0.15, 0.2) is 69.8 Å². The molecule has 0 spiro atoms. The van der Waals surface area contributed by atoms with Gasteiger partial charge in [0.2, 0.25) is 0 Å². The lowest BCUT2D eigenvalue weighted by Gasteiger charge is -2.44. The zero-order valence-electron chi connectivity index (χ0n) is 21.1. The first-order chi connectivity index (χ1) is 20.7. The molecule has 4 aromatic rings. The maximum absolute atomic E-state index is 15.4. The van der Waals surface area contributed by atoms with Gasteiger partial charge in [-0.05, 0) is 0 Å². The Morgan fingerprint density at radius 1 is 0.174 bits per heavy atom. The van der Waals surface area contributed by atoms with Crippen LogP contribution in [-0.4, -0.2) is 6.15 Å². The van der Waals surface area contributed by atoms with Crippen molar-refractivity contribution in [3.63, 3.8) is 0 Å². The molecule has 4 aromatic carbocycles. The molecular formula is C25H3BF20. The maximum Gasteiger partial charge on any atom is 0.200 e. The summed E-state index contributed by atoms with van der Waals surface area (Å²) in [5.41, 5.74) is -14.3. The van der Waals surface area contributed by atoms with E-state index in [4.69, 9.17) is 0 Å². The summed E-state index contributed by atoms with van der Waals surface area (Å²) in [6, 6.07) is 0. The van der Waals surface area contributed by atoms with E-state index in [2.05, 4.69) is 0 Å². The van der Waals surface area contributed by atoms with E-state index in [0.29, 0.717) is 0 Å². The predicted molar refractivity (Wildman–Crippen MR) is 116 cm³/mol. The van der Waals surface area contributed by atoms with Crippen molar-refractivity contribution in [3.8, 4) is 0 Å². The molecule has 0 aliphatic heterocycles. The molecule has 0 bridgehead atoms. The van der Waals surface area contributed by atoms with E-state index < -0.39 is 144 Å². The minimum atomic E-state index is -7.22. The molecule has 0 unspecified atom stereocenters. The monoisotopic (exact) mass is 694 g/mol. The van der Waals surface area contributed by atoms with E-state index in [-0.39, 0.29) is 7.43 Å². The fourth-order valence-corrected chi connectivity index (χ4v) is 4.87. The van der Waals surface area contributed by atoms with Crippen LogP contribution < -0.4 is 21.9 Å². The highest BCUT2D eigenvalue weighted by Crippen LogP contribution is 2.30. The minimum Gasteiger partial charge on any atom is -0.207 e. The Morgan fingerprint density at radius 3 is 0.370 bits per heavy atom. The van der Waals surface area contributed by atoms with E-state index >= 15 is 35.1 Å². The van der Waals surface area contributed by atoms with Gasteiger partial charge >= 0.3 is 0 Å². The predicted octanol–water partition coefficient (Wildman–Crippen LogP) is 6.30. The molecule has 21 heteroatoms. The summed E-state index contributed by atoms with van der Waals surface area (Å²) < 4.78 is 294. The van der Waals surface area contributed by atoms with Crippen LogP contribution in [0.3, 0.4) is 0 Å². The zero-order chi connectivity index (χ0) is 34.4. The molecule has 0 aliphatic carbocycles. The number of hydrogen-bond acceptors (Lipinski definition) is 0. The fraction of sp³-hybridized carbons (Fsp3) is 0. The van der Waals surface area contributed by atoms with Gasteiger partial charge in [0.25, 0.3) is 0 Å². The Hall–Kier alpha value is -4.59. The molecule has 0 atom stereocenters. The van der Waals surface area contributed by atoms with Crippen LogP contribution >= 0.6 is 0 Å². The van der Waals surface area contributed by atoms with Gasteiger partial charge in [0.1, 0.15) is 52.7 Å². The van der Waals surface area contributed by atoms with Crippen LogP contribution in [0.25, 0.3) is 0 Å². The molecule has 246 valence electrons. The summed E-state index contributed by atoms with van der Waals surface area (Å²) in [6.07, 6.45) is -7.22. The largest absolute Gasteiger partial charge is 0.207 e. The average molecular weight is 694 g/mol. The second-order valence-corrected chi connectivity index (χ2v) is 8.80. The van der Waals surface area contributed by atoms with Gasteiger partial charge in [-0.3, -0.25) is 0 Å². The molecule has 0 saturated carbocycles. The molecule has 0 amide bonds. The Morgan fingerprint density at radius 2 is 0.261 bits per heavy atom. The third kappa shape index (κ3) is 4.37. The standard InChI is InChI=1S/C24BF20.CH3/c26-5-1(6(27)14(35)21(42)13(5)34)25(2-7(28)15(36)22(43)16(37)8(2)29,3-9(30)17(38)23(44)18(39)10(3)31)4-11(32)19(40)24(45)20(41)12(4)33;/h;1H3/q-1;+1. The van der Waals surface area contributed by atoms with Crippen LogP contribution in [0, 0.1) is 124 Å². The van der Waals surface area contributed by atoms with Crippen molar-refractivity contribution in [2.45, 2.75) is 0 Å². The van der Waals surface area contributed by atoms with Crippen LogP contribution in [0.5, 0.6) is 0 Å². The Bertz CT molecular complexity index is 1570.